The molecule has 0 saturated carbocycles. The molecule has 0 aromatic carbocycles. The number of Topliss-reactive ketones (excluding diaryl/α,β-unsaturated/α-hetero) is 1. The lowest BCUT2D eigenvalue weighted by atomic mass is 9.90. The standard InChI is InChI=1S/C34H65N9O6.6CH4/c1-10-29(47)41(19-17-37-27(45)23-42(30(48)11-2)20-18-39-34(7,8)9)24-28(46)40-25(15-13-14-16-38-32(35)36)21-43(31(49)12-3)22-26(44)33(4,5)6;;;;;;/h25,39H,10-24H2,1-9H3,(H,37,45)(H,40,46)(H4,35,36,38);6*1H4/t25-;;;;;;/m0....../s1. The first-order valence-corrected chi connectivity index (χ1v) is 17.5. The molecular weight excluding hydrogens is 702 g/mol. The minimum atomic E-state index is -0.644. The lowest BCUT2D eigenvalue weighted by Gasteiger charge is -2.31. The summed E-state index contributed by atoms with van der Waals surface area (Å²) in [6.45, 7) is 17.7. The Bertz CT molecular complexity index is 1110. The van der Waals surface area contributed by atoms with Crippen molar-refractivity contribution < 1.29 is 28.8 Å². The SMILES string of the molecule is C.C.C.C.C.C.CCC(=O)N(CCNC(C)(C)C)CC(=O)NCCN(CC(=O)N[C@@H](CCCCN=C(N)N)CN(CC(=O)C(C)(C)C)C(=O)CC)C(=O)CC. The molecule has 0 bridgehead atoms. The van der Waals surface area contributed by atoms with Crippen molar-refractivity contribution in [2.24, 2.45) is 21.9 Å². The summed E-state index contributed by atoms with van der Waals surface area (Å²) in [6.07, 6.45) is 2.39. The fourth-order valence-electron chi connectivity index (χ4n) is 4.68. The highest BCUT2D eigenvalue weighted by Crippen LogP contribution is 2.16. The van der Waals surface area contributed by atoms with E-state index in [1.54, 1.807) is 41.5 Å². The monoisotopic (exact) mass is 792 g/mol. The van der Waals surface area contributed by atoms with E-state index in [9.17, 15) is 28.8 Å². The van der Waals surface area contributed by atoms with Crippen LogP contribution in [0.2, 0.25) is 0 Å². The van der Waals surface area contributed by atoms with E-state index < -0.39 is 17.4 Å². The topological polar surface area (TPSA) is 213 Å². The van der Waals surface area contributed by atoms with Crippen LogP contribution >= 0.6 is 0 Å². The molecule has 0 spiro atoms. The van der Waals surface area contributed by atoms with Gasteiger partial charge in [-0.2, -0.15) is 0 Å². The average Bonchev–Trinajstić information content (AvgIpc) is 3.00. The van der Waals surface area contributed by atoms with Crippen molar-refractivity contribution in [3.8, 4) is 0 Å². The van der Waals surface area contributed by atoms with Gasteiger partial charge in [-0.25, -0.2) is 0 Å². The Morgan fingerprint density at radius 1 is 0.636 bits per heavy atom. The average molecular weight is 792 g/mol. The molecule has 0 unspecified atom stereocenters. The first kappa shape index (κ1) is 66.1. The second-order valence-electron chi connectivity index (χ2n) is 14.2. The van der Waals surface area contributed by atoms with Gasteiger partial charge in [0, 0.05) is 75.5 Å². The highest BCUT2D eigenvalue weighted by atomic mass is 16.2. The summed E-state index contributed by atoms with van der Waals surface area (Å²) >= 11 is 0. The number of aliphatic imine (C=N–C) groups is 1. The second kappa shape index (κ2) is 33.6. The molecule has 7 N–H and O–H groups in total. The van der Waals surface area contributed by atoms with Crippen LogP contribution < -0.4 is 27.4 Å². The Balaban J connectivity index is -0.000000768. The Kier molecular flexibility index (Phi) is 40.3. The summed E-state index contributed by atoms with van der Waals surface area (Å²) in [5.41, 5.74) is 10.1. The molecule has 0 aliphatic heterocycles. The maximum absolute atomic E-state index is 13.3. The van der Waals surface area contributed by atoms with E-state index in [0.717, 1.165) is 0 Å². The first-order chi connectivity index (χ1) is 22.7. The highest BCUT2D eigenvalue weighted by Gasteiger charge is 2.28. The van der Waals surface area contributed by atoms with Gasteiger partial charge in [0.2, 0.25) is 29.5 Å². The fourth-order valence-corrected chi connectivity index (χ4v) is 4.68. The van der Waals surface area contributed by atoms with Crippen LogP contribution in [0.5, 0.6) is 0 Å². The molecule has 0 heterocycles. The Morgan fingerprint density at radius 2 is 1.09 bits per heavy atom. The van der Waals surface area contributed by atoms with Gasteiger partial charge in [-0.15, -0.1) is 0 Å². The van der Waals surface area contributed by atoms with Crippen molar-refractivity contribution in [1.82, 2.24) is 30.7 Å². The summed E-state index contributed by atoms with van der Waals surface area (Å²) < 4.78 is 0. The number of hydrogen-bond acceptors (Lipinski definition) is 8. The number of nitrogens with zero attached hydrogens (tertiary/aromatic N) is 4. The third-order valence-electron chi connectivity index (χ3n) is 7.61. The zero-order chi connectivity index (χ0) is 37.8. The Labute approximate surface area is 337 Å². The third-order valence-corrected chi connectivity index (χ3v) is 7.61. The van der Waals surface area contributed by atoms with Crippen LogP contribution in [0.1, 0.15) is 145 Å². The van der Waals surface area contributed by atoms with Crippen molar-refractivity contribution in [3.05, 3.63) is 0 Å². The molecular formula is C40H89N9O6. The molecule has 0 radical (unpaired) electrons. The number of amides is 5. The maximum atomic E-state index is 13.3. The van der Waals surface area contributed by atoms with E-state index >= 15 is 0 Å². The molecule has 1 atom stereocenters. The molecule has 0 aliphatic rings. The molecule has 5 amide bonds. The van der Waals surface area contributed by atoms with Gasteiger partial charge in [0.05, 0.1) is 19.6 Å². The van der Waals surface area contributed by atoms with Crippen LogP contribution in [0, 0.1) is 5.41 Å². The van der Waals surface area contributed by atoms with Gasteiger partial charge in [0.25, 0.3) is 0 Å². The van der Waals surface area contributed by atoms with Gasteiger partial charge in [-0.1, -0.05) is 86.1 Å². The number of carbonyl (C=O) groups excluding carboxylic acids is 6. The van der Waals surface area contributed by atoms with Gasteiger partial charge in [-0.05, 0) is 40.0 Å². The van der Waals surface area contributed by atoms with Crippen LogP contribution in [-0.4, -0.2) is 126 Å². The predicted octanol–water partition coefficient (Wildman–Crippen LogP) is 4.57. The molecule has 0 aliphatic carbocycles. The van der Waals surface area contributed by atoms with E-state index in [0.29, 0.717) is 38.9 Å². The van der Waals surface area contributed by atoms with Gasteiger partial charge in [-0.3, -0.25) is 33.8 Å². The quantitative estimate of drug-likeness (QED) is 0.0557. The summed E-state index contributed by atoms with van der Waals surface area (Å²) in [5.74, 6) is -1.52. The van der Waals surface area contributed by atoms with Gasteiger partial charge in [0.1, 0.15) is 0 Å². The molecule has 0 saturated heterocycles. The van der Waals surface area contributed by atoms with E-state index in [2.05, 4.69) is 20.9 Å². The van der Waals surface area contributed by atoms with Crippen molar-refractivity contribution in [3.63, 3.8) is 0 Å². The zero-order valence-corrected chi connectivity index (χ0v) is 31.6. The van der Waals surface area contributed by atoms with Gasteiger partial charge < -0.3 is 42.1 Å². The zero-order valence-electron chi connectivity index (χ0n) is 31.6. The van der Waals surface area contributed by atoms with E-state index in [4.69, 9.17) is 11.5 Å². The number of hydrogen-bond donors (Lipinski definition) is 5. The van der Waals surface area contributed by atoms with E-state index in [1.807, 2.05) is 20.8 Å². The lowest BCUT2D eigenvalue weighted by molar-refractivity contribution is -0.139. The Morgan fingerprint density at radius 3 is 1.53 bits per heavy atom. The number of ketones is 1. The van der Waals surface area contributed by atoms with Crippen molar-refractivity contribution >= 4 is 41.3 Å². The molecule has 55 heavy (non-hydrogen) atoms. The fraction of sp³-hybridized carbons (Fsp3) is 0.825. The minimum Gasteiger partial charge on any atom is -0.370 e. The molecule has 0 aromatic rings. The normalized spacial score (nSPS) is 10.7. The molecule has 15 nitrogen and oxygen atoms in total. The number of rotatable bonds is 23. The highest BCUT2D eigenvalue weighted by molar-refractivity contribution is 5.89. The van der Waals surface area contributed by atoms with Crippen LogP contribution in [0.3, 0.4) is 0 Å². The largest absolute Gasteiger partial charge is 0.370 e. The summed E-state index contributed by atoms with van der Waals surface area (Å²) in [5, 5.41) is 9.03. The van der Waals surface area contributed by atoms with Crippen LogP contribution in [0.4, 0.5) is 0 Å². The molecule has 15 heteroatoms. The van der Waals surface area contributed by atoms with Gasteiger partial charge in [0.15, 0.2) is 11.7 Å². The summed E-state index contributed by atoms with van der Waals surface area (Å²) in [6, 6.07) is -0.497. The number of carbonyl (C=O) groups is 6. The number of unbranched alkanes of at least 4 members (excludes halogenated alkanes) is 1. The molecule has 0 fully saturated rings. The summed E-state index contributed by atoms with van der Waals surface area (Å²) in [4.78, 5) is 85.3. The van der Waals surface area contributed by atoms with Crippen molar-refractivity contribution in [2.75, 3.05) is 58.9 Å². The number of nitrogens with one attached hydrogen (secondary N) is 3. The Hall–Kier alpha value is -3.75. The molecule has 330 valence electrons. The second-order valence-corrected chi connectivity index (χ2v) is 14.2. The van der Waals surface area contributed by atoms with Crippen LogP contribution in [0.25, 0.3) is 0 Å². The number of nitrogens with two attached hydrogens (primary N) is 2. The van der Waals surface area contributed by atoms with E-state index in [1.165, 1.54) is 14.7 Å². The smallest absolute Gasteiger partial charge is 0.239 e. The van der Waals surface area contributed by atoms with Crippen molar-refractivity contribution in [2.45, 2.75) is 157 Å². The third kappa shape index (κ3) is 31.2. The van der Waals surface area contributed by atoms with Crippen LogP contribution in [0.15, 0.2) is 4.99 Å². The van der Waals surface area contributed by atoms with E-state index in [-0.39, 0.29) is 144 Å². The predicted molar refractivity (Wildman–Crippen MR) is 233 cm³/mol. The molecule has 0 rings (SSSR count). The summed E-state index contributed by atoms with van der Waals surface area (Å²) in [7, 11) is 0. The first-order valence-electron chi connectivity index (χ1n) is 17.5. The van der Waals surface area contributed by atoms with Gasteiger partial charge >= 0.3 is 0 Å². The minimum absolute atomic E-state index is 0. The maximum Gasteiger partial charge on any atom is 0.239 e. The molecule has 0 aromatic heterocycles. The van der Waals surface area contributed by atoms with Crippen molar-refractivity contribution in [1.29, 1.82) is 0 Å². The van der Waals surface area contributed by atoms with Crippen LogP contribution in [-0.2, 0) is 28.8 Å². The number of guanidine groups is 1. The lowest BCUT2D eigenvalue weighted by Crippen LogP contribution is -2.51.